The Kier molecular flexibility index (Phi) is 8.94. The van der Waals surface area contributed by atoms with Crippen molar-refractivity contribution in [1.29, 1.82) is 0 Å². The number of hydrogen-bond donors (Lipinski definition) is 4. The second-order valence-corrected chi connectivity index (χ2v) is 8.43. The summed E-state index contributed by atoms with van der Waals surface area (Å²) >= 11 is 0. The Labute approximate surface area is 180 Å². The van der Waals surface area contributed by atoms with Crippen molar-refractivity contribution in [1.82, 2.24) is 9.79 Å². The summed E-state index contributed by atoms with van der Waals surface area (Å²) in [6.45, 7) is 0.171. The van der Waals surface area contributed by atoms with E-state index in [0.717, 1.165) is 0 Å². The average Bonchev–Trinajstić information content (AvgIpc) is 2.76. The minimum Gasteiger partial charge on any atom is -0.457 e. The number of hydrogen-bond acceptors (Lipinski definition) is 7. The van der Waals surface area contributed by atoms with Gasteiger partial charge in [-0.15, -0.1) is 0 Å². The Hall–Kier alpha value is -2.99. The number of nitrogens with two attached hydrogens (primary N) is 2. The van der Waals surface area contributed by atoms with E-state index in [-0.39, 0.29) is 28.2 Å². The molecule has 0 heterocycles. The Morgan fingerprint density at radius 2 is 1.65 bits per heavy atom. The number of primary amides is 1. The zero-order valence-corrected chi connectivity index (χ0v) is 17.6. The number of unbranched alkanes of at least 4 members (excludes halogenated alkanes) is 1. The third kappa shape index (κ3) is 7.03. The van der Waals surface area contributed by atoms with Gasteiger partial charge in [0.05, 0.1) is 11.4 Å². The summed E-state index contributed by atoms with van der Waals surface area (Å²) in [6, 6.07) is 12.9. The fraction of sp³-hybridized carbons (Fsp3) is 0.300. The average molecular weight is 451 g/mol. The Bertz CT molecular complexity index is 967. The molecular formula is C20H26N4O6S. The largest absolute Gasteiger partial charge is 0.457 e. The van der Waals surface area contributed by atoms with E-state index in [9.17, 15) is 23.2 Å². The topological polar surface area (TPSA) is 165 Å². The van der Waals surface area contributed by atoms with Crippen molar-refractivity contribution in [3.05, 3.63) is 54.6 Å². The molecule has 0 aliphatic heterocycles. The summed E-state index contributed by atoms with van der Waals surface area (Å²) in [6.07, 6.45) is 0.780. The van der Waals surface area contributed by atoms with Crippen molar-refractivity contribution < 1.29 is 28.0 Å². The van der Waals surface area contributed by atoms with E-state index in [2.05, 4.69) is 5.32 Å². The van der Waals surface area contributed by atoms with Crippen LogP contribution < -0.4 is 21.5 Å². The Balaban J connectivity index is 2.02. The lowest BCUT2D eigenvalue weighted by Gasteiger charge is -2.23. The van der Waals surface area contributed by atoms with Crippen LogP contribution in [0.4, 0.5) is 0 Å². The van der Waals surface area contributed by atoms with E-state index >= 15 is 0 Å². The molecule has 0 aliphatic rings. The molecule has 0 aliphatic carbocycles. The molecule has 0 radical (unpaired) electrons. The van der Waals surface area contributed by atoms with Crippen LogP contribution in [0.2, 0.25) is 0 Å². The lowest BCUT2D eigenvalue weighted by Crippen LogP contribution is -2.46. The van der Waals surface area contributed by atoms with Crippen LogP contribution in [0, 0.1) is 0 Å². The van der Waals surface area contributed by atoms with Crippen molar-refractivity contribution in [3.63, 3.8) is 0 Å². The molecule has 168 valence electrons. The number of carbonyl (C=O) groups excluding carboxylic acids is 2. The molecular weight excluding hydrogens is 424 g/mol. The lowest BCUT2D eigenvalue weighted by molar-refractivity contribution is -0.131. The number of amides is 2. The van der Waals surface area contributed by atoms with Crippen molar-refractivity contribution >= 4 is 21.8 Å². The summed E-state index contributed by atoms with van der Waals surface area (Å²) in [7, 11) is -4.39. The first-order valence-electron chi connectivity index (χ1n) is 9.58. The molecule has 2 amide bonds. The first-order valence-corrected chi connectivity index (χ1v) is 11.0. The molecule has 31 heavy (non-hydrogen) atoms. The highest BCUT2D eigenvalue weighted by Crippen LogP contribution is 2.25. The van der Waals surface area contributed by atoms with Gasteiger partial charge in [-0.1, -0.05) is 22.7 Å². The molecule has 0 fully saturated rings. The zero-order valence-electron chi connectivity index (χ0n) is 16.8. The van der Waals surface area contributed by atoms with Gasteiger partial charge in [0.2, 0.25) is 11.8 Å². The van der Waals surface area contributed by atoms with E-state index in [0.29, 0.717) is 30.9 Å². The fourth-order valence-corrected chi connectivity index (χ4v) is 3.94. The lowest BCUT2D eigenvalue weighted by atomic mass is 10.1. The molecule has 10 nitrogen and oxygen atoms in total. The molecule has 0 saturated heterocycles. The van der Waals surface area contributed by atoms with E-state index < -0.39 is 22.0 Å². The minimum atomic E-state index is -4.39. The molecule has 6 N–H and O–H groups in total. The van der Waals surface area contributed by atoms with Crippen LogP contribution in [0.15, 0.2) is 59.5 Å². The van der Waals surface area contributed by atoms with Crippen LogP contribution in [-0.2, 0) is 19.6 Å². The van der Waals surface area contributed by atoms with Gasteiger partial charge >= 0.3 is 0 Å². The van der Waals surface area contributed by atoms with E-state index in [4.69, 9.17) is 16.2 Å². The standard InChI is InChI=1S/C20H26N4O6S/c21-14-19(25)23-13-5-4-8-18(20(22)26)24(27)31(28,29)17-11-9-16(10-12-17)30-15-6-2-1-3-7-15/h1-3,6-7,9-12,18,27H,4-5,8,13-14,21H2,(H2,22,26)(H,23,25)/t18-/m1/s1. The van der Waals surface area contributed by atoms with Crippen molar-refractivity contribution in [3.8, 4) is 11.5 Å². The van der Waals surface area contributed by atoms with Gasteiger partial charge in [0, 0.05) is 6.54 Å². The highest BCUT2D eigenvalue weighted by atomic mass is 32.2. The van der Waals surface area contributed by atoms with Crippen LogP contribution in [0.25, 0.3) is 0 Å². The summed E-state index contributed by atoms with van der Waals surface area (Å²) in [4.78, 5) is 22.6. The maximum Gasteiger partial charge on any atom is 0.265 e. The maximum absolute atomic E-state index is 12.7. The van der Waals surface area contributed by atoms with Gasteiger partial charge in [0.25, 0.3) is 10.0 Å². The third-order valence-electron chi connectivity index (χ3n) is 4.35. The summed E-state index contributed by atoms with van der Waals surface area (Å²) in [5, 5.41) is 12.8. The van der Waals surface area contributed by atoms with Gasteiger partial charge in [-0.2, -0.15) is 0 Å². The summed E-state index contributed by atoms with van der Waals surface area (Å²) in [5.74, 6) is -0.322. The Morgan fingerprint density at radius 3 is 2.23 bits per heavy atom. The summed E-state index contributed by atoms with van der Waals surface area (Å²) < 4.78 is 31.0. The molecule has 0 unspecified atom stereocenters. The molecule has 0 spiro atoms. The highest BCUT2D eigenvalue weighted by Gasteiger charge is 2.33. The quantitative estimate of drug-likeness (QED) is 0.276. The molecule has 0 aromatic heterocycles. The molecule has 2 rings (SSSR count). The zero-order chi connectivity index (χ0) is 22.9. The number of para-hydroxylation sites is 1. The SMILES string of the molecule is NCC(=O)NCCCC[C@H](C(N)=O)N(O)S(=O)(=O)c1ccc(Oc2ccccc2)cc1. The maximum atomic E-state index is 12.7. The van der Waals surface area contributed by atoms with Gasteiger partial charge in [0.15, 0.2) is 0 Å². The number of carbonyl (C=O) groups is 2. The van der Waals surface area contributed by atoms with Crippen molar-refractivity contribution in [2.75, 3.05) is 13.1 Å². The number of rotatable bonds is 12. The van der Waals surface area contributed by atoms with Gasteiger partial charge in [-0.25, -0.2) is 8.42 Å². The number of sulfonamides is 1. The number of nitrogens with zero attached hydrogens (tertiary/aromatic N) is 1. The van der Waals surface area contributed by atoms with Gasteiger partial charge in [-0.05, 0) is 55.7 Å². The first-order chi connectivity index (χ1) is 14.8. The van der Waals surface area contributed by atoms with E-state index in [1.54, 1.807) is 24.3 Å². The van der Waals surface area contributed by atoms with Crippen LogP contribution in [-0.4, -0.2) is 49.0 Å². The smallest absolute Gasteiger partial charge is 0.265 e. The molecule has 0 saturated carbocycles. The van der Waals surface area contributed by atoms with Crippen molar-refractivity contribution in [2.45, 2.75) is 30.2 Å². The van der Waals surface area contributed by atoms with Crippen LogP contribution in [0.3, 0.4) is 0 Å². The highest BCUT2D eigenvalue weighted by molar-refractivity contribution is 7.89. The van der Waals surface area contributed by atoms with Crippen molar-refractivity contribution in [2.24, 2.45) is 11.5 Å². The summed E-state index contributed by atoms with van der Waals surface area (Å²) in [5.41, 5.74) is 10.5. The van der Waals surface area contributed by atoms with E-state index in [1.807, 2.05) is 6.07 Å². The van der Waals surface area contributed by atoms with Gasteiger partial charge in [0.1, 0.15) is 17.5 Å². The fourth-order valence-electron chi connectivity index (χ4n) is 2.70. The molecule has 0 bridgehead atoms. The molecule has 1 atom stereocenters. The third-order valence-corrected chi connectivity index (χ3v) is 5.97. The Morgan fingerprint density at radius 1 is 1.03 bits per heavy atom. The molecule has 2 aromatic rings. The van der Waals surface area contributed by atoms with Gasteiger partial charge in [-0.3, -0.25) is 14.8 Å². The first kappa shape index (κ1) is 24.3. The number of benzene rings is 2. The van der Waals surface area contributed by atoms with Gasteiger partial charge < -0.3 is 21.5 Å². The predicted octanol–water partition coefficient (Wildman–Crippen LogP) is 0.958. The number of nitrogens with one attached hydrogen (secondary N) is 1. The number of ether oxygens (including phenoxy) is 1. The van der Waals surface area contributed by atoms with E-state index in [1.165, 1.54) is 24.3 Å². The monoisotopic (exact) mass is 450 g/mol. The minimum absolute atomic E-state index is 0.0130. The second kappa shape index (κ2) is 11.4. The number of hydroxylamine groups is 1. The van der Waals surface area contributed by atoms with Crippen LogP contribution in [0.5, 0.6) is 11.5 Å². The van der Waals surface area contributed by atoms with Crippen LogP contribution in [0.1, 0.15) is 19.3 Å². The van der Waals surface area contributed by atoms with Crippen LogP contribution >= 0.6 is 0 Å². The molecule has 11 heteroatoms. The molecule has 2 aromatic carbocycles. The second-order valence-electron chi connectivity index (χ2n) is 6.63. The predicted molar refractivity (Wildman–Crippen MR) is 113 cm³/mol. The normalized spacial score (nSPS) is 12.4.